The highest BCUT2D eigenvalue weighted by atomic mass is 16.5. The zero-order valence-corrected chi connectivity index (χ0v) is 15.1. The van der Waals surface area contributed by atoms with Crippen molar-refractivity contribution in [3.63, 3.8) is 0 Å². The first-order valence-corrected chi connectivity index (χ1v) is 8.78. The van der Waals surface area contributed by atoms with E-state index in [0.717, 1.165) is 48.5 Å². The number of rotatable bonds is 5. The van der Waals surface area contributed by atoms with Gasteiger partial charge in [0.2, 0.25) is 11.8 Å². The number of hydrogen-bond acceptors (Lipinski definition) is 5. The molecule has 6 nitrogen and oxygen atoms in total. The molecule has 0 aliphatic carbocycles. The Morgan fingerprint density at radius 2 is 2.08 bits per heavy atom. The summed E-state index contributed by atoms with van der Waals surface area (Å²) in [5.74, 6) is 2.05. The fourth-order valence-corrected chi connectivity index (χ4v) is 3.19. The van der Waals surface area contributed by atoms with Crippen LogP contribution in [0, 0.1) is 26.7 Å². The van der Waals surface area contributed by atoms with Gasteiger partial charge in [-0.3, -0.25) is 4.79 Å². The Morgan fingerprint density at radius 3 is 2.72 bits per heavy atom. The molecular weight excluding hydrogens is 318 g/mol. The van der Waals surface area contributed by atoms with Gasteiger partial charge in [-0.15, -0.1) is 0 Å². The van der Waals surface area contributed by atoms with E-state index in [2.05, 4.69) is 10.1 Å². The summed E-state index contributed by atoms with van der Waals surface area (Å²) < 4.78 is 11.0. The van der Waals surface area contributed by atoms with E-state index in [0.29, 0.717) is 24.8 Å². The molecule has 0 saturated carbocycles. The van der Waals surface area contributed by atoms with E-state index in [1.165, 1.54) is 0 Å². The van der Waals surface area contributed by atoms with Crippen molar-refractivity contribution in [2.24, 2.45) is 5.92 Å². The molecule has 2 aromatic heterocycles. The number of likely N-dealkylation sites (tertiary alicyclic amines) is 1. The van der Waals surface area contributed by atoms with Crippen molar-refractivity contribution in [1.82, 2.24) is 15.0 Å². The number of carbonyl (C=O) groups is 1. The van der Waals surface area contributed by atoms with Gasteiger partial charge in [-0.25, -0.2) is 4.98 Å². The highest BCUT2D eigenvalue weighted by Gasteiger charge is 2.25. The number of ether oxygens (including phenoxy) is 1. The van der Waals surface area contributed by atoms with E-state index < -0.39 is 0 Å². The highest BCUT2D eigenvalue weighted by molar-refractivity contribution is 5.79. The van der Waals surface area contributed by atoms with E-state index in [9.17, 15) is 4.79 Å². The molecule has 1 fully saturated rings. The number of aromatic nitrogens is 2. The van der Waals surface area contributed by atoms with Crippen LogP contribution in [0.4, 0.5) is 0 Å². The molecule has 0 aromatic carbocycles. The van der Waals surface area contributed by atoms with Crippen molar-refractivity contribution in [2.45, 2.75) is 40.0 Å². The maximum absolute atomic E-state index is 12.5. The molecule has 134 valence electrons. The molecule has 1 amide bonds. The van der Waals surface area contributed by atoms with E-state index in [-0.39, 0.29) is 5.91 Å². The van der Waals surface area contributed by atoms with E-state index in [1.807, 2.05) is 37.8 Å². The normalized spacial score (nSPS) is 15.4. The van der Waals surface area contributed by atoms with Crippen LogP contribution < -0.4 is 4.74 Å². The zero-order valence-electron chi connectivity index (χ0n) is 15.1. The first-order valence-electron chi connectivity index (χ1n) is 8.78. The Kier molecular flexibility index (Phi) is 5.36. The Balaban J connectivity index is 1.47. The number of amides is 1. The second-order valence-electron chi connectivity index (χ2n) is 6.74. The van der Waals surface area contributed by atoms with Crippen LogP contribution in [0.15, 0.2) is 22.9 Å². The second kappa shape index (κ2) is 7.68. The fraction of sp³-hybridized carbons (Fsp3) is 0.526. The lowest BCUT2D eigenvalue weighted by atomic mass is 9.97. The van der Waals surface area contributed by atoms with Crippen molar-refractivity contribution in [3.05, 3.63) is 40.9 Å². The van der Waals surface area contributed by atoms with E-state index in [1.54, 1.807) is 6.20 Å². The Morgan fingerprint density at radius 1 is 1.32 bits per heavy atom. The van der Waals surface area contributed by atoms with Gasteiger partial charge in [-0.1, -0.05) is 11.2 Å². The van der Waals surface area contributed by atoms with Gasteiger partial charge < -0.3 is 14.2 Å². The van der Waals surface area contributed by atoms with Crippen LogP contribution in [0.3, 0.4) is 0 Å². The number of carbonyl (C=O) groups excluding carboxylic acids is 1. The van der Waals surface area contributed by atoms with Crippen molar-refractivity contribution in [1.29, 1.82) is 0 Å². The van der Waals surface area contributed by atoms with Crippen molar-refractivity contribution >= 4 is 5.91 Å². The topological polar surface area (TPSA) is 68.5 Å². The number of pyridine rings is 1. The summed E-state index contributed by atoms with van der Waals surface area (Å²) in [6, 6.07) is 3.91. The largest absolute Gasteiger partial charge is 0.477 e. The SMILES string of the molecule is Cc1cccnc1OCC1CCN(C(=O)Cc2c(C)noc2C)CC1. The second-order valence-corrected chi connectivity index (χ2v) is 6.74. The van der Waals surface area contributed by atoms with Gasteiger partial charge in [0.25, 0.3) is 0 Å². The molecular formula is C19H25N3O3. The third-order valence-electron chi connectivity index (χ3n) is 4.89. The lowest BCUT2D eigenvalue weighted by molar-refractivity contribution is -0.132. The summed E-state index contributed by atoms with van der Waals surface area (Å²) in [4.78, 5) is 18.7. The number of nitrogens with zero attached hydrogens (tertiary/aromatic N) is 3. The summed E-state index contributed by atoms with van der Waals surface area (Å²) in [5, 5.41) is 3.92. The monoisotopic (exact) mass is 343 g/mol. The van der Waals surface area contributed by atoms with Gasteiger partial charge in [-0.05, 0) is 45.6 Å². The molecule has 25 heavy (non-hydrogen) atoms. The van der Waals surface area contributed by atoms with Gasteiger partial charge in [0.1, 0.15) is 5.76 Å². The summed E-state index contributed by atoms with van der Waals surface area (Å²) in [7, 11) is 0. The zero-order chi connectivity index (χ0) is 17.8. The lowest BCUT2D eigenvalue weighted by Crippen LogP contribution is -2.40. The van der Waals surface area contributed by atoms with Crippen LogP contribution in [0.2, 0.25) is 0 Å². The molecule has 3 rings (SSSR count). The number of aryl methyl sites for hydroxylation is 3. The molecule has 1 aliphatic rings. The van der Waals surface area contributed by atoms with Crippen LogP contribution in [-0.4, -0.2) is 40.6 Å². The first kappa shape index (κ1) is 17.5. The molecule has 0 unspecified atom stereocenters. The third kappa shape index (κ3) is 4.18. The predicted octanol–water partition coefficient (Wildman–Crippen LogP) is 2.85. The Bertz CT molecular complexity index is 714. The molecule has 1 saturated heterocycles. The van der Waals surface area contributed by atoms with Crippen molar-refractivity contribution < 1.29 is 14.1 Å². The van der Waals surface area contributed by atoms with Gasteiger partial charge >= 0.3 is 0 Å². The average molecular weight is 343 g/mol. The van der Waals surface area contributed by atoms with E-state index in [4.69, 9.17) is 9.26 Å². The quantitative estimate of drug-likeness (QED) is 0.835. The first-order chi connectivity index (χ1) is 12.0. The minimum atomic E-state index is 0.148. The maximum Gasteiger partial charge on any atom is 0.227 e. The molecule has 3 heterocycles. The predicted molar refractivity (Wildman–Crippen MR) is 93.5 cm³/mol. The van der Waals surface area contributed by atoms with E-state index >= 15 is 0 Å². The summed E-state index contributed by atoms with van der Waals surface area (Å²) in [6.45, 7) is 7.94. The highest BCUT2D eigenvalue weighted by Crippen LogP contribution is 2.21. The van der Waals surface area contributed by atoms with Gasteiger partial charge in [-0.2, -0.15) is 0 Å². The smallest absolute Gasteiger partial charge is 0.227 e. The van der Waals surface area contributed by atoms with Crippen LogP contribution in [0.5, 0.6) is 5.88 Å². The standard InChI is InChI=1S/C19H25N3O3/c1-13-5-4-8-20-19(13)24-12-16-6-9-22(10-7-16)18(23)11-17-14(2)21-25-15(17)3/h4-5,8,16H,6-7,9-12H2,1-3H3. The lowest BCUT2D eigenvalue weighted by Gasteiger charge is -2.32. The minimum absolute atomic E-state index is 0.148. The summed E-state index contributed by atoms with van der Waals surface area (Å²) >= 11 is 0. The molecule has 1 aliphatic heterocycles. The average Bonchev–Trinajstić information content (AvgIpc) is 2.93. The maximum atomic E-state index is 12.5. The van der Waals surface area contributed by atoms with Crippen LogP contribution >= 0.6 is 0 Å². The van der Waals surface area contributed by atoms with Gasteiger partial charge in [0.15, 0.2) is 0 Å². The molecule has 0 atom stereocenters. The molecule has 0 N–H and O–H groups in total. The molecule has 6 heteroatoms. The summed E-state index contributed by atoms with van der Waals surface area (Å²) in [6.07, 6.45) is 4.03. The molecule has 0 radical (unpaired) electrons. The molecule has 0 bridgehead atoms. The molecule has 0 spiro atoms. The Hall–Kier alpha value is -2.37. The molecule has 2 aromatic rings. The Labute approximate surface area is 148 Å². The summed E-state index contributed by atoms with van der Waals surface area (Å²) in [5.41, 5.74) is 2.77. The number of hydrogen-bond donors (Lipinski definition) is 0. The number of piperidine rings is 1. The van der Waals surface area contributed by atoms with Crippen LogP contribution in [0.1, 0.15) is 35.4 Å². The third-order valence-corrected chi connectivity index (χ3v) is 4.89. The fourth-order valence-electron chi connectivity index (χ4n) is 3.19. The van der Waals surface area contributed by atoms with Crippen LogP contribution in [0.25, 0.3) is 0 Å². The minimum Gasteiger partial charge on any atom is -0.477 e. The van der Waals surface area contributed by atoms with Gasteiger partial charge in [0, 0.05) is 30.4 Å². The van der Waals surface area contributed by atoms with Gasteiger partial charge in [0.05, 0.1) is 18.7 Å². The van der Waals surface area contributed by atoms with Crippen LogP contribution in [-0.2, 0) is 11.2 Å². The van der Waals surface area contributed by atoms with Crippen molar-refractivity contribution in [2.75, 3.05) is 19.7 Å². The van der Waals surface area contributed by atoms with Crippen molar-refractivity contribution in [3.8, 4) is 5.88 Å².